The van der Waals surface area contributed by atoms with Crippen LogP contribution in [-0.2, 0) is 10.8 Å². The summed E-state index contributed by atoms with van der Waals surface area (Å²) in [6, 6.07) is 61.9. The molecule has 0 radical (unpaired) electrons. The van der Waals surface area contributed by atoms with Crippen molar-refractivity contribution in [2.75, 3.05) is 9.71 Å². The first-order valence-corrected chi connectivity index (χ1v) is 24.8. The summed E-state index contributed by atoms with van der Waals surface area (Å²) in [4.78, 5) is 5.33. The molecule has 8 aromatic carbocycles. The van der Waals surface area contributed by atoms with E-state index in [0.29, 0.717) is 0 Å². The fourth-order valence-electron chi connectivity index (χ4n) is 12.0. The van der Waals surface area contributed by atoms with E-state index in [1.165, 1.54) is 94.2 Å². The molecule has 292 valence electrons. The van der Waals surface area contributed by atoms with Gasteiger partial charge < -0.3 is 14.1 Å². The van der Waals surface area contributed by atoms with Gasteiger partial charge in [0.1, 0.15) is 19.2 Å². The highest BCUT2D eigenvalue weighted by Gasteiger charge is 2.52. The molecule has 0 amide bonds. The summed E-state index contributed by atoms with van der Waals surface area (Å²) in [6.45, 7) is 14.7. The number of rotatable bonds is 2. The molecule has 0 N–H and O–H groups in total. The lowest BCUT2D eigenvalue weighted by Crippen LogP contribution is -2.67. The Balaban J connectivity index is 1.20. The smallest absolute Gasteiger partial charge is 0.333 e. The third-order valence-corrected chi connectivity index (χ3v) is 18.6. The molecule has 5 heteroatoms. The van der Waals surface area contributed by atoms with Crippen LogP contribution in [0.4, 0.5) is 28.4 Å². The van der Waals surface area contributed by atoms with E-state index in [9.17, 15) is 0 Å². The monoisotopic (exact) mass is 800 g/mol. The van der Waals surface area contributed by atoms with E-state index >= 15 is 0 Å². The Bertz CT molecular complexity index is 3360. The van der Waals surface area contributed by atoms with E-state index in [-0.39, 0.29) is 17.7 Å². The molecule has 0 unspecified atom stereocenters. The molecule has 3 nitrogen and oxygen atoms in total. The zero-order valence-electron chi connectivity index (χ0n) is 35.5. The van der Waals surface area contributed by atoms with Crippen molar-refractivity contribution in [3.05, 3.63) is 186 Å². The highest BCUT2D eigenvalue weighted by molar-refractivity contribution is 7.04. The highest BCUT2D eigenvalue weighted by atomic mass is 28.3. The minimum absolute atomic E-state index is 0.107. The quantitative estimate of drug-likeness (QED) is 0.162. The van der Waals surface area contributed by atoms with Crippen molar-refractivity contribution in [2.45, 2.75) is 51.6 Å². The Morgan fingerprint density at radius 3 is 1.93 bits per heavy atom. The molecule has 4 heterocycles. The van der Waals surface area contributed by atoms with Crippen molar-refractivity contribution in [1.29, 1.82) is 0 Å². The first kappa shape index (κ1) is 35.2. The zero-order chi connectivity index (χ0) is 41.2. The topological polar surface area (TPSA) is 19.6 Å². The molecule has 0 saturated heterocycles. The third kappa shape index (κ3) is 4.44. The lowest BCUT2D eigenvalue weighted by Gasteiger charge is -2.51. The van der Waals surface area contributed by atoms with Crippen LogP contribution in [0, 0.1) is 0 Å². The van der Waals surface area contributed by atoms with Crippen molar-refractivity contribution in [1.82, 2.24) is 0 Å². The van der Waals surface area contributed by atoms with E-state index in [2.05, 4.69) is 214 Å². The van der Waals surface area contributed by atoms with Gasteiger partial charge in [-0.2, -0.15) is 0 Å². The minimum Gasteiger partial charge on any atom is -0.455 e. The van der Waals surface area contributed by atoms with Gasteiger partial charge in [0.15, 0.2) is 0 Å². The summed E-state index contributed by atoms with van der Waals surface area (Å²) < 4.78 is 7.15. The summed E-state index contributed by atoms with van der Waals surface area (Å²) in [5.41, 5.74) is 20.9. The third-order valence-electron chi connectivity index (χ3n) is 15.1. The Morgan fingerprint density at radius 2 is 1.16 bits per heavy atom. The molecule has 4 aliphatic rings. The van der Waals surface area contributed by atoms with Crippen LogP contribution in [0.15, 0.2) is 168 Å². The first-order valence-electron chi connectivity index (χ1n) is 21.8. The Kier molecular flexibility index (Phi) is 6.83. The number of hydrogen-bond acceptors (Lipinski definition) is 3. The number of fused-ring (bicyclic) bond motifs is 12. The van der Waals surface area contributed by atoms with Gasteiger partial charge in [-0.25, -0.2) is 0 Å². The van der Waals surface area contributed by atoms with Crippen LogP contribution < -0.4 is 31.0 Å². The van der Waals surface area contributed by atoms with Crippen molar-refractivity contribution >= 4 is 86.6 Å². The standard InChI is InChI=1S/C56H45BN2OSi/c1-55(2)40-20-11-12-21-41(40)56(3,4)43-33-46-39(31-42(43)55)51-52-47(32-38-37-19-10-14-24-48(37)60-54(38)51)58-45-23-13-15-25-49(45)61(5,6)50-26-16-22-44(53(50)58)57(52)59(46)36-29-27-35(28-30-36)34-17-8-7-9-18-34/h7-33H,1-6H3. The van der Waals surface area contributed by atoms with E-state index < -0.39 is 8.07 Å². The van der Waals surface area contributed by atoms with Gasteiger partial charge in [-0.1, -0.05) is 162 Å². The number of anilines is 5. The highest BCUT2D eigenvalue weighted by Crippen LogP contribution is 2.56. The molecule has 0 bridgehead atoms. The Morgan fingerprint density at radius 1 is 0.525 bits per heavy atom. The van der Waals surface area contributed by atoms with Crippen molar-refractivity contribution in [3.8, 4) is 22.3 Å². The van der Waals surface area contributed by atoms with Gasteiger partial charge in [0.05, 0.1) is 0 Å². The number of hydrogen-bond donors (Lipinski definition) is 0. The Labute approximate surface area is 359 Å². The number of benzene rings is 8. The second kappa shape index (κ2) is 11.8. The second-order valence-corrected chi connectivity index (χ2v) is 23.6. The predicted molar refractivity (Wildman–Crippen MR) is 260 cm³/mol. The maximum atomic E-state index is 7.15. The lowest BCUT2D eigenvalue weighted by atomic mass is 9.43. The van der Waals surface area contributed by atoms with Gasteiger partial charge >= 0.3 is 6.85 Å². The Hall–Kier alpha value is -6.56. The molecule has 9 aromatic rings. The second-order valence-electron chi connectivity index (χ2n) is 19.3. The van der Waals surface area contributed by atoms with E-state index in [1.807, 2.05) is 0 Å². The molecular weight excluding hydrogens is 756 g/mol. The van der Waals surface area contributed by atoms with Gasteiger partial charge in [0, 0.05) is 61.2 Å². The van der Waals surface area contributed by atoms with Gasteiger partial charge in [-0.05, 0) is 97.1 Å². The van der Waals surface area contributed by atoms with Crippen LogP contribution >= 0.6 is 0 Å². The SMILES string of the molecule is CC1(C)c2ccccc2C(C)(C)c2cc3c(cc21)-c1c2c(cc4c1oc1ccccc14)N1c4ccccc4[Si](C)(C)c4cccc(c41)B2N3c1ccc(-c2ccccc2)cc1. The number of furan rings is 1. The van der Waals surface area contributed by atoms with E-state index in [4.69, 9.17) is 4.42 Å². The molecule has 0 saturated carbocycles. The molecule has 61 heavy (non-hydrogen) atoms. The molecule has 1 aromatic heterocycles. The minimum atomic E-state index is -2.12. The van der Waals surface area contributed by atoms with E-state index in [0.717, 1.165) is 21.9 Å². The number of nitrogens with zero attached hydrogens (tertiary/aromatic N) is 2. The molecule has 0 spiro atoms. The van der Waals surface area contributed by atoms with Crippen molar-refractivity contribution in [3.63, 3.8) is 0 Å². The maximum Gasteiger partial charge on any atom is 0.333 e. The zero-order valence-corrected chi connectivity index (χ0v) is 36.5. The average molecular weight is 801 g/mol. The summed E-state index contributed by atoms with van der Waals surface area (Å²) in [5.74, 6) is 0. The van der Waals surface area contributed by atoms with Gasteiger partial charge in [0.2, 0.25) is 0 Å². The normalized spacial score (nSPS) is 16.7. The maximum absolute atomic E-state index is 7.15. The molecule has 0 fully saturated rings. The van der Waals surface area contributed by atoms with Crippen LogP contribution in [0.1, 0.15) is 49.9 Å². The van der Waals surface area contributed by atoms with Gasteiger partial charge in [-0.3, -0.25) is 0 Å². The lowest BCUT2D eigenvalue weighted by molar-refractivity contribution is 0.521. The molecule has 0 atom stereocenters. The first-order chi connectivity index (χ1) is 29.5. The fourth-order valence-corrected chi connectivity index (χ4v) is 15.0. The predicted octanol–water partition coefficient (Wildman–Crippen LogP) is 12.1. The fraction of sp³-hybridized carbons (Fsp3) is 0.143. The summed E-state index contributed by atoms with van der Waals surface area (Å²) >= 11 is 0. The van der Waals surface area contributed by atoms with Crippen LogP contribution in [-0.4, -0.2) is 14.9 Å². The van der Waals surface area contributed by atoms with Gasteiger partial charge in [-0.15, -0.1) is 0 Å². The van der Waals surface area contributed by atoms with Crippen molar-refractivity contribution < 1.29 is 4.42 Å². The largest absolute Gasteiger partial charge is 0.455 e. The average Bonchev–Trinajstić information content (AvgIpc) is 3.66. The van der Waals surface area contributed by atoms with Crippen LogP contribution in [0.25, 0.3) is 44.2 Å². The summed E-state index contributed by atoms with van der Waals surface area (Å²) in [7, 11) is -2.12. The van der Waals surface area contributed by atoms with Gasteiger partial charge in [0.25, 0.3) is 0 Å². The summed E-state index contributed by atoms with van der Waals surface area (Å²) in [6.07, 6.45) is 0. The van der Waals surface area contributed by atoms with Crippen LogP contribution in [0.5, 0.6) is 0 Å². The molecule has 3 aliphatic heterocycles. The molecule has 13 rings (SSSR count). The van der Waals surface area contributed by atoms with E-state index in [1.54, 1.807) is 0 Å². The van der Waals surface area contributed by atoms with Crippen molar-refractivity contribution in [2.24, 2.45) is 0 Å². The molecular formula is C56H45BN2OSi. The summed E-state index contributed by atoms with van der Waals surface area (Å²) in [5, 5.41) is 5.28. The van der Waals surface area contributed by atoms with Crippen LogP contribution in [0.3, 0.4) is 0 Å². The van der Waals surface area contributed by atoms with Crippen LogP contribution in [0.2, 0.25) is 13.1 Å². The number of para-hydroxylation sites is 3. The molecule has 1 aliphatic carbocycles.